The second-order valence-electron chi connectivity index (χ2n) is 6.89. The number of hydrogen-bond acceptors (Lipinski definition) is 4. The molecule has 5 nitrogen and oxygen atoms in total. The van der Waals surface area contributed by atoms with Crippen LogP contribution in [-0.2, 0) is 9.63 Å². The Kier molecular flexibility index (Phi) is 6.62. The van der Waals surface area contributed by atoms with Gasteiger partial charge in [-0.05, 0) is 50.3 Å². The van der Waals surface area contributed by atoms with Crippen LogP contribution in [-0.4, -0.2) is 54.8 Å². The molecule has 1 amide bonds. The maximum Gasteiger partial charge on any atom is 0.257 e. The van der Waals surface area contributed by atoms with Gasteiger partial charge >= 0.3 is 0 Å². The Balaban J connectivity index is 2.48. The van der Waals surface area contributed by atoms with Crippen molar-refractivity contribution in [3.8, 4) is 0 Å². The molecule has 0 radical (unpaired) electrons. The van der Waals surface area contributed by atoms with E-state index >= 15 is 0 Å². The molecule has 0 bridgehead atoms. The SMILES string of the molecule is CON1CCC/C(O)=C(/c2c(C)cc(C)cc2C)C(=O)N(C)CCC1. The highest BCUT2D eigenvalue weighted by Crippen LogP contribution is 2.30. The molecule has 1 aromatic rings. The molecule has 1 heterocycles. The third kappa shape index (κ3) is 4.61. The van der Waals surface area contributed by atoms with Crippen LogP contribution in [0.25, 0.3) is 5.57 Å². The predicted molar refractivity (Wildman–Crippen MR) is 100 cm³/mol. The lowest BCUT2D eigenvalue weighted by atomic mass is 9.91. The van der Waals surface area contributed by atoms with Gasteiger partial charge in [-0.1, -0.05) is 17.7 Å². The Bertz CT molecular complexity index is 644. The summed E-state index contributed by atoms with van der Waals surface area (Å²) in [4.78, 5) is 20.1. The molecule has 0 spiro atoms. The minimum atomic E-state index is -0.113. The number of rotatable bonds is 2. The van der Waals surface area contributed by atoms with Gasteiger partial charge in [-0.15, -0.1) is 0 Å². The number of likely N-dealkylation sites (N-methyl/N-ethyl adjacent to an activating group) is 1. The minimum Gasteiger partial charge on any atom is -0.511 e. The molecular weight excluding hydrogens is 316 g/mol. The predicted octanol–water partition coefficient (Wildman–Crippen LogP) is 3.39. The van der Waals surface area contributed by atoms with Crippen molar-refractivity contribution in [3.05, 3.63) is 40.1 Å². The molecular formula is C20H30N2O3. The molecule has 1 aliphatic heterocycles. The highest BCUT2D eigenvalue weighted by atomic mass is 16.7. The van der Waals surface area contributed by atoms with E-state index in [0.29, 0.717) is 18.5 Å². The monoisotopic (exact) mass is 346 g/mol. The second-order valence-corrected chi connectivity index (χ2v) is 6.89. The van der Waals surface area contributed by atoms with E-state index in [1.165, 1.54) is 0 Å². The van der Waals surface area contributed by atoms with Gasteiger partial charge in [0.15, 0.2) is 0 Å². The molecule has 0 aromatic heterocycles. The second kappa shape index (κ2) is 8.50. The number of carbonyl (C=O) groups excluding carboxylic acids is 1. The zero-order chi connectivity index (χ0) is 18.6. The van der Waals surface area contributed by atoms with E-state index in [1.807, 2.05) is 25.8 Å². The van der Waals surface area contributed by atoms with E-state index in [2.05, 4.69) is 12.1 Å². The Morgan fingerprint density at radius 2 is 1.64 bits per heavy atom. The van der Waals surface area contributed by atoms with Crippen molar-refractivity contribution in [2.45, 2.75) is 40.0 Å². The first-order valence-corrected chi connectivity index (χ1v) is 8.90. The first kappa shape index (κ1) is 19.5. The summed E-state index contributed by atoms with van der Waals surface area (Å²) in [6.45, 7) is 8.17. The summed E-state index contributed by atoms with van der Waals surface area (Å²) in [5.74, 6) is 0.0586. The van der Waals surface area contributed by atoms with Gasteiger partial charge in [0.1, 0.15) is 5.76 Å². The number of aryl methyl sites for hydroxylation is 3. The highest BCUT2D eigenvalue weighted by molar-refractivity contribution is 6.20. The van der Waals surface area contributed by atoms with Crippen LogP contribution in [0.3, 0.4) is 0 Å². The van der Waals surface area contributed by atoms with Gasteiger partial charge < -0.3 is 14.8 Å². The molecule has 1 aliphatic rings. The van der Waals surface area contributed by atoms with E-state index < -0.39 is 0 Å². The van der Waals surface area contributed by atoms with Gasteiger partial charge in [0.05, 0.1) is 12.7 Å². The van der Waals surface area contributed by atoms with Gasteiger partial charge in [-0.3, -0.25) is 4.79 Å². The van der Waals surface area contributed by atoms with Gasteiger partial charge in [0, 0.05) is 33.1 Å². The van der Waals surface area contributed by atoms with Crippen LogP contribution >= 0.6 is 0 Å². The molecule has 0 fully saturated rings. The molecule has 0 saturated heterocycles. The average Bonchev–Trinajstić information content (AvgIpc) is 2.56. The van der Waals surface area contributed by atoms with Crippen molar-refractivity contribution in [1.29, 1.82) is 0 Å². The smallest absolute Gasteiger partial charge is 0.257 e. The summed E-state index contributed by atoms with van der Waals surface area (Å²) < 4.78 is 0. The normalized spacial score (nSPS) is 21.3. The van der Waals surface area contributed by atoms with Crippen LogP contribution in [0.2, 0.25) is 0 Å². The Labute approximate surface area is 150 Å². The molecule has 1 N–H and O–H groups in total. The fraction of sp³-hybridized carbons (Fsp3) is 0.550. The van der Waals surface area contributed by atoms with Crippen LogP contribution in [0.5, 0.6) is 0 Å². The first-order chi connectivity index (χ1) is 11.8. The van der Waals surface area contributed by atoms with Crippen LogP contribution in [0.15, 0.2) is 17.9 Å². The molecule has 5 heteroatoms. The van der Waals surface area contributed by atoms with Crippen LogP contribution in [0, 0.1) is 20.8 Å². The summed E-state index contributed by atoms with van der Waals surface area (Å²) >= 11 is 0. The number of aliphatic hydroxyl groups is 1. The number of benzene rings is 1. The zero-order valence-corrected chi connectivity index (χ0v) is 16.1. The van der Waals surface area contributed by atoms with E-state index in [9.17, 15) is 9.90 Å². The lowest BCUT2D eigenvalue weighted by Crippen LogP contribution is -2.32. The summed E-state index contributed by atoms with van der Waals surface area (Å²) in [5, 5.41) is 12.7. The largest absolute Gasteiger partial charge is 0.511 e. The fourth-order valence-corrected chi connectivity index (χ4v) is 3.57. The maximum atomic E-state index is 13.1. The third-order valence-electron chi connectivity index (χ3n) is 4.76. The number of carbonyl (C=O) groups is 1. The Morgan fingerprint density at radius 1 is 1.04 bits per heavy atom. The number of amides is 1. The lowest BCUT2D eigenvalue weighted by Gasteiger charge is -2.23. The molecule has 0 aliphatic carbocycles. The van der Waals surface area contributed by atoms with Crippen molar-refractivity contribution in [3.63, 3.8) is 0 Å². The van der Waals surface area contributed by atoms with Crippen molar-refractivity contribution in [2.24, 2.45) is 0 Å². The standard InChI is InChI=1S/C20H30N2O3/c1-14-12-15(2)18(16(3)13-14)19-17(23)8-6-10-22(25-5)11-7-9-21(4)20(19)24/h12-13,23H,6-11H2,1-5H3/b19-17+. The molecule has 0 atom stereocenters. The average molecular weight is 346 g/mol. The van der Waals surface area contributed by atoms with Crippen LogP contribution < -0.4 is 0 Å². The number of aliphatic hydroxyl groups excluding tert-OH is 1. The van der Waals surface area contributed by atoms with E-state index in [4.69, 9.17) is 4.84 Å². The third-order valence-corrected chi connectivity index (χ3v) is 4.76. The van der Waals surface area contributed by atoms with Gasteiger partial charge in [0.25, 0.3) is 5.91 Å². The topological polar surface area (TPSA) is 53.0 Å². The molecule has 25 heavy (non-hydrogen) atoms. The van der Waals surface area contributed by atoms with Crippen molar-refractivity contribution < 1.29 is 14.7 Å². The first-order valence-electron chi connectivity index (χ1n) is 8.90. The number of hydrogen-bond donors (Lipinski definition) is 1. The van der Waals surface area contributed by atoms with Gasteiger partial charge in [0.2, 0.25) is 0 Å². The molecule has 1 aromatic carbocycles. The number of hydroxylamine groups is 2. The number of allylic oxidation sites excluding steroid dienone is 1. The maximum absolute atomic E-state index is 13.1. The van der Waals surface area contributed by atoms with Gasteiger partial charge in [-0.2, -0.15) is 5.06 Å². The molecule has 0 unspecified atom stereocenters. The van der Waals surface area contributed by atoms with Crippen LogP contribution in [0.1, 0.15) is 41.5 Å². The van der Waals surface area contributed by atoms with Gasteiger partial charge in [-0.25, -0.2) is 0 Å². The zero-order valence-electron chi connectivity index (χ0n) is 16.1. The van der Waals surface area contributed by atoms with E-state index in [1.54, 1.807) is 19.1 Å². The number of nitrogens with zero attached hydrogens (tertiary/aromatic N) is 2. The van der Waals surface area contributed by atoms with E-state index in [-0.39, 0.29) is 11.7 Å². The summed E-state index contributed by atoms with van der Waals surface area (Å²) in [5.41, 5.74) is 4.52. The molecule has 138 valence electrons. The quantitative estimate of drug-likeness (QED) is 0.892. The van der Waals surface area contributed by atoms with Crippen molar-refractivity contribution >= 4 is 11.5 Å². The summed E-state index contributed by atoms with van der Waals surface area (Å²) in [7, 11) is 3.46. The van der Waals surface area contributed by atoms with E-state index in [0.717, 1.165) is 48.2 Å². The Hall–Kier alpha value is -1.85. The van der Waals surface area contributed by atoms with Crippen LogP contribution in [0.4, 0.5) is 0 Å². The molecule has 0 saturated carbocycles. The summed E-state index contributed by atoms with van der Waals surface area (Å²) in [6, 6.07) is 4.13. The Morgan fingerprint density at radius 3 is 2.24 bits per heavy atom. The minimum absolute atomic E-state index is 0.113. The highest BCUT2D eigenvalue weighted by Gasteiger charge is 2.25. The molecule has 2 rings (SSSR count). The summed E-state index contributed by atoms with van der Waals surface area (Å²) in [6.07, 6.45) is 2.03. The van der Waals surface area contributed by atoms with Crippen molar-refractivity contribution in [1.82, 2.24) is 9.96 Å². The lowest BCUT2D eigenvalue weighted by molar-refractivity contribution is -0.134. The fourth-order valence-electron chi connectivity index (χ4n) is 3.57. The van der Waals surface area contributed by atoms with Crippen molar-refractivity contribution in [2.75, 3.05) is 33.8 Å².